The minimum absolute atomic E-state index is 0.150. The van der Waals surface area contributed by atoms with Gasteiger partial charge in [0.1, 0.15) is 11.3 Å². The average molecular weight is 244 g/mol. The van der Waals surface area contributed by atoms with Crippen LogP contribution in [0.5, 0.6) is 5.75 Å². The molecule has 0 heterocycles. The summed E-state index contributed by atoms with van der Waals surface area (Å²) in [4.78, 5) is 10.9. The molecule has 0 saturated heterocycles. The predicted molar refractivity (Wildman–Crippen MR) is 62.9 cm³/mol. The lowest BCUT2D eigenvalue weighted by atomic mass is 10.1. The van der Waals surface area contributed by atoms with Gasteiger partial charge in [-0.2, -0.15) is 0 Å². The Labute approximate surface area is 99.2 Å². The van der Waals surface area contributed by atoms with Crippen LogP contribution in [0.15, 0.2) is 18.2 Å². The molecule has 16 heavy (non-hydrogen) atoms. The molecule has 4 nitrogen and oxygen atoms in total. The Morgan fingerprint density at radius 2 is 2.31 bits per heavy atom. The highest BCUT2D eigenvalue weighted by Gasteiger charge is 2.09. The zero-order valence-corrected chi connectivity index (χ0v) is 9.91. The molecule has 1 aromatic rings. The smallest absolute Gasteiger partial charge is 0.221 e. The van der Waals surface area contributed by atoms with Crippen molar-refractivity contribution in [3.05, 3.63) is 23.8 Å². The summed E-state index contributed by atoms with van der Waals surface area (Å²) >= 11 is 5.51. The van der Waals surface area contributed by atoms with E-state index in [0.29, 0.717) is 11.4 Å². The number of halogens is 1. The van der Waals surface area contributed by atoms with Crippen LogP contribution < -0.4 is 10.1 Å². The fraction of sp³-hybridized carbons (Fsp3) is 0.364. The van der Waals surface area contributed by atoms with Gasteiger partial charge < -0.3 is 15.2 Å². The maximum atomic E-state index is 10.9. The quantitative estimate of drug-likeness (QED) is 0.793. The van der Waals surface area contributed by atoms with E-state index < -0.39 is 5.56 Å². The molecule has 0 aliphatic heterocycles. The van der Waals surface area contributed by atoms with Crippen LogP contribution in [0.4, 0.5) is 5.69 Å². The van der Waals surface area contributed by atoms with E-state index in [9.17, 15) is 4.79 Å². The molecule has 0 aliphatic carbocycles. The van der Waals surface area contributed by atoms with Crippen molar-refractivity contribution in [1.29, 1.82) is 0 Å². The number of hydrogen-bond donors (Lipinski definition) is 2. The van der Waals surface area contributed by atoms with Crippen LogP contribution in [-0.4, -0.2) is 23.7 Å². The van der Waals surface area contributed by atoms with Crippen molar-refractivity contribution in [2.24, 2.45) is 0 Å². The summed E-state index contributed by atoms with van der Waals surface area (Å²) in [5.74, 6) is 0.483. The first kappa shape index (κ1) is 12.8. The molecule has 2 N–H and O–H groups in total. The largest absolute Gasteiger partial charge is 0.496 e. The molecule has 0 aromatic heterocycles. The topological polar surface area (TPSA) is 58.6 Å². The normalized spacial score (nSPS) is 12.0. The molecular weight excluding hydrogens is 230 g/mol. The minimum atomic E-state index is -0.971. The zero-order valence-electron chi connectivity index (χ0n) is 9.16. The Bertz CT molecular complexity index is 379. The third-order valence-corrected chi connectivity index (χ3v) is 2.14. The van der Waals surface area contributed by atoms with Gasteiger partial charge in [0.25, 0.3) is 0 Å². The summed E-state index contributed by atoms with van der Waals surface area (Å²) in [6.45, 7) is 1.43. The summed E-state index contributed by atoms with van der Waals surface area (Å²) in [6, 6.07) is 5.18. The highest BCUT2D eigenvalue weighted by Crippen LogP contribution is 2.24. The highest BCUT2D eigenvalue weighted by molar-refractivity contribution is 6.19. The number of aliphatic hydroxyl groups is 1. The van der Waals surface area contributed by atoms with Crippen molar-refractivity contribution in [2.75, 3.05) is 12.4 Å². The zero-order chi connectivity index (χ0) is 12.1. The number of hydrogen-bond acceptors (Lipinski definition) is 3. The van der Waals surface area contributed by atoms with Crippen molar-refractivity contribution in [3.8, 4) is 5.75 Å². The fourth-order valence-electron chi connectivity index (χ4n) is 1.40. The van der Waals surface area contributed by atoms with Crippen LogP contribution in [0.1, 0.15) is 12.5 Å². The van der Waals surface area contributed by atoms with Gasteiger partial charge in [-0.25, -0.2) is 0 Å². The van der Waals surface area contributed by atoms with E-state index in [1.165, 1.54) is 14.0 Å². The molecule has 1 aromatic carbocycles. The number of alkyl halides is 1. The number of ether oxygens (including phenoxy) is 1. The van der Waals surface area contributed by atoms with E-state index in [1.807, 2.05) is 0 Å². The Morgan fingerprint density at radius 1 is 1.62 bits per heavy atom. The van der Waals surface area contributed by atoms with E-state index in [2.05, 4.69) is 5.32 Å². The van der Waals surface area contributed by atoms with Gasteiger partial charge in [-0.15, -0.1) is 0 Å². The number of carbonyl (C=O) groups excluding carboxylic acids is 1. The van der Waals surface area contributed by atoms with Gasteiger partial charge in [0.2, 0.25) is 5.91 Å². The Balaban J connectivity index is 2.96. The van der Waals surface area contributed by atoms with Gasteiger partial charge in [0, 0.05) is 19.0 Å². The first-order chi connectivity index (χ1) is 7.52. The first-order valence-electron chi connectivity index (χ1n) is 4.79. The molecule has 1 amide bonds. The number of amides is 1. The number of benzene rings is 1. The molecule has 0 aliphatic rings. The van der Waals surface area contributed by atoms with Crippen LogP contribution in [0.25, 0.3) is 0 Å². The molecule has 1 unspecified atom stereocenters. The van der Waals surface area contributed by atoms with E-state index in [4.69, 9.17) is 21.4 Å². The number of anilines is 1. The van der Waals surface area contributed by atoms with E-state index >= 15 is 0 Å². The lowest BCUT2D eigenvalue weighted by Crippen LogP contribution is -2.08. The maximum absolute atomic E-state index is 10.9. The van der Waals surface area contributed by atoms with Crippen LogP contribution in [0, 0.1) is 0 Å². The molecule has 88 valence electrons. The number of nitrogens with one attached hydrogen (secondary N) is 1. The second-order valence-corrected chi connectivity index (χ2v) is 3.85. The average Bonchev–Trinajstić information content (AvgIpc) is 2.16. The molecular formula is C11H14ClNO3. The maximum Gasteiger partial charge on any atom is 0.221 e. The molecule has 5 heteroatoms. The van der Waals surface area contributed by atoms with E-state index in [-0.39, 0.29) is 12.3 Å². The third kappa shape index (κ3) is 3.72. The van der Waals surface area contributed by atoms with Gasteiger partial charge in [-0.3, -0.25) is 4.79 Å². The predicted octanol–water partition coefficient (Wildman–Crippen LogP) is 1.75. The highest BCUT2D eigenvalue weighted by atomic mass is 35.5. The molecule has 0 saturated carbocycles. The molecule has 0 bridgehead atoms. The van der Waals surface area contributed by atoms with Gasteiger partial charge in [0.15, 0.2) is 0 Å². The second-order valence-electron chi connectivity index (χ2n) is 3.35. The fourth-order valence-corrected chi connectivity index (χ4v) is 1.57. The Kier molecular flexibility index (Phi) is 4.58. The molecule has 0 radical (unpaired) electrons. The number of aliphatic hydroxyl groups excluding tert-OH is 1. The van der Waals surface area contributed by atoms with Gasteiger partial charge in [-0.1, -0.05) is 11.6 Å². The second kappa shape index (κ2) is 5.72. The van der Waals surface area contributed by atoms with Crippen molar-refractivity contribution in [2.45, 2.75) is 18.9 Å². The Hall–Kier alpha value is -1.26. The number of rotatable bonds is 4. The molecule has 0 fully saturated rings. The summed E-state index contributed by atoms with van der Waals surface area (Å²) in [6.07, 6.45) is 0.262. The van der Waals surface area contributed by atoms with Gasteiger partial charge in [-0.05, 0) is 23.8 Å². The minimum Gasteiger partial charge on any atom is -0.496 e. The van der Waals surface area contributed by atoms with Crippen LogP contribution in [-0.2, 0) is 11.2 Å². The number of carbonyl (C=O) groups is 1. The molecule has 1 rings (SSSR count). The van der Waals surface area contributed by atoms with E-state index in [1.54, 1.807) is 18.2 Å². The third-order valence-electron chi connectivity index (χ3n) is 1.99. The van der Waals surface area contributed by atoms with Crippen molar-refractivity contribution in [1.82, 2.24) is 0 Å². The lowest BCUT2D eigenvalue weighted by Gasteiger charge is -2.11. The van der Waals surface area contributed by atoms with Crippen molar-refractivity contribution >= 4 is 23.2 Å². The van der Waals surface area contributed by atoms with Gasteiger partial charge in [0.05, 0.1) is 7.11 Å². The SMILES string of the molecule is COc1ccc(NC(C)=O)cc1CC(O)Cl. The van der Waals surface area contributed by atoms with Crippen molar-refractivity contribution in [3.63, 3.8) is 0 Å². The Morgan fingerprint density at radius 3 is 2.81 bits per heavy atom. The van der Waals surface area contributed by atoms with Crippen LogP contribution in [0.2, 0.25) is 0 Å². The summed E-state index contributed by atoms with van der Waals surface area (Å²) in [5, 5.41) is 11.8. The van der Waals surface area contributed by atoms with Crippen LogP contribution in [0.3, 0.4) is 0 Å². The standard InChI is InChI=1S/C11H14ClNO3/c1-7(14)13-9-3-4-10(16-2)8(5-9)6-11(12)15/h3-5,11,15H,6H2,1-2H3,(H,13,14). The molecule has 0 spiro atoms. The lowest BCUT2D eigenvalue weighted by molar-refractivity contribution is -0.114. The monoisotopic (exact) mass is 243 g/mol. The molecule has 1 atom stereocenters. The van der Waals surface area contributed by atoms with Crippen LogP contribution >= 0.6 is 11.6 Å². The summed E-state index contributed by atoms with van der Waals surface area (Å²) < 4.78 is 5.12. The first-order valence-corrected chi connectivity index (χ1v) is 5.23. The summed E-state index contributed by atoms with van der Waals surface area (Å²) in [7, 11) is 1.54. The van der Waals surface area contributed by atoms with Gasteiger partial charge >= 0.3 is 0 Å². The number of methoxy groups -OCH3 is 1. The van der Waals surface area contributed by atoms with E-state index in [0.717, 1.165) is 5.56 Å². The van der Waals surface area contributed by atoms with Crippen molar-refractivity contribution < 1.29 is 14.6 Å². The summed E-state index contributed by atoms with van der Waals surface area (Å²) in [5.41, 5.74) is 0.429.